The number of aromatic nitrogens is 2. The standard InChI is InChI=1S/C6H11N3OS/c1-4(7)6(10)2-5-3-11-9-8-5/h3-4,6,10H,2,7H2,1H3. The van der Waals surface area contributed by atoms with E-state index >= 15 is 0 Å². The fraction of sp³-hybridized carbons (Fsp3) is 0.667. The molecular weight excluding hydrogens is 162 g/mol. The Morgan fingerprint density at radius 1 is 1.82 bits per heavy atom. The van der Waals surface area contributed by atoms with Crippen LogP contribution >= 0.6 is 11.5 Å². The molecule has 62 valence electrons. The predicted octanol–water partition coefficient (Wildman–Crippen LogP) is -0.211. The maximum atomic E-state index is 9.31. The van der Waals surface area contributed by atoms with Crippen LogP contribution in [0.15, 0.2) is 5.38 Å². The predicted molar refractivity (Wildman–Crippen MR) is 43.3 cm³/mol. The van der Waals surface area contributed by atoms with E-state index in [0.717, 1.165) is 5.69 Å². The van der Waals surface area contributed by atoms with Crippen LogP contribution in [-0.2, 0) is 6.42 Å². The fourth-order valence-corrected chi connectivity index (χ4v) is 1.14. The number of aliphatic hydroxyl groups excluding tert-OH is 1. The second-order valence-corrected chi connectivity index (χ2v) is 3.14. The summed E-state index contributed by atoms with van der Waals surface area (Å²) in [4.78, 5) is 0. The summed E-state index contributed by atoms with van der Waals surface area (Å²) < 4.78 is 3.67. The van der Waals surface area contributed by atoms with E-state index < -0.39 is 6.10 Å². The third-order valence-electron chi connectivity index (χ3n) is 1.43. The molecular formula is C6H11N3OS. The van der Waals surface area contributed by atoms with Gasteiger partial charge in [-0.2, -0.15) is 0 Å². The molecule has 0 saturated heterocycles. The van der Waals surface area contributed by atoms with Crippen molar-refractivity contribution < 1.29 is 5.11 Å². The molecule has 3 N–H and O–H groups in total. The zero-order chi connectivity index (χ0) is 8.27. The van der Waals surface area contributed by atoms with Crippen molar-refractivity contribution in [3.63, 3.8) is 0 Å². The third kappa shape index (κ3) is 2.53. The number of hydrogen-bond donors (Lipinski definition) is 2. The van der Waals surface area contributed by atoms with Gasteiger partial charge in [0.2, 0.25) is 0 Å². The summed E-state index contributed by atoms with van der Waals surface area (Å²) in [6.45, 7) is 1.77. The van der Waals surface area contributed by atoms with E-state index in [9.17, 15) is 5.11 Å². The lowest BCUT2D eigenvalue weighted by molar-refractivity contribution is 0.150. The topological polar surface area (TPSA) is 72.0 Å². The molecule has 0 aliphatic carbocycles. The Hall–Kier alpha value is -0.520. The largest absolute Gasteiger partial charge is 0.391 e. The Balaban J connectivity index is 2.43. The Morgan fingerprint density at radius 3 is 3.00 bits per heavy atom. The van der Waals surface area contributed by atoms with E-state index in [1.54, 1.807) is 6.92 Å². The van der Waals surface area contributed by atoms with Gasteiger partial charge in [0.1, 0.15) is 0 Å². The monoisotopic (exact) mass is 173 g/mol. The second kappa shape index (κ2) is 3.75. The number of hydrogen-bond acceptors (Lipinski definition) is 5. The third-order valence-corrected chi connectivity index (χ3v) is 1.98. The highest BCUT2D eigenvalue weighted by Crippen LogP contribution is 2.03. The van der Waals surface area contributed by atoms with Gasteiger partial charge in [-0.15, -0.1) is 5.10 Å². The van der Waals surface area contributed by atoms with Crippen LogP contribution in [0.3, 0.4) is 0 Å². The summed E-state index contributed by atoms with van der Waals surface area (Å²) >= 11 is 1.28. The molecule has 0 aliphatic rings. The van der Waals surface area contributed by atoms with Crippen molar-refractivity contribution in [1.82, 2.24) is 9.59 Å². The Kier molecular flexibility index (Phi) is 2.92. The molecule has 0 spiro atoms. The van der Waals surface area contributed by atoms with Crippen molar-refractivity contribution in [2.75, 3.05) is 0 Å². The number of nitrogens with two attached hydrogens (primary N) is 1. The van der Waals surface area contributed by atoms with Crippen LogP contribution in [0, 0.1) is 0 Å². The lowest BCUT2D eigenvalue weighted by atomic mass is 10.1. The summed E-state index contributed by atoms with van der Waals surface area (Å²) in [6, 6.07) is -0.211. The van der Waals surface area contributed by atoms with Gasteiger partial charge < -0.3 is 10.8 Å². The first-order valence-corrected chi connectivity index (χ1v) is 4.23. The lowest BCUT2D eigenvalue weighted by Gasteiger charge is -2.11. The molecule has 11 heavy (non-hydrogen) atoms. The van der Waals surface area contributed by atoms with Gasteiger partial charge in [-0.3, -0.25) is 0 Å². The first-order valence-electron chi connectivity index (χ1n) is 3.39. The first kappa shape index (κ1) is 8.58. The van der Waals surface area contributed by atoms with E-state index in [4.69, 9.17) is 5.73 Å². The second-order valence-electron chi connectivity index (χ2n) is 2.53. The Labute approximate surface area is 69.2 Å². The van der Waals surface area contributed by atoms with Gasteiger partial charge in [-0.05, 0) is 18.5 Å². The molecule has 1 heterocycles. The highest BCUT2D eigenvalue weighted by molar-refractivity contribution is 7.03. The molecule has 2 atom stereocenters. The molecule has 0 aliphatic heterocycles. The minimum absolute atomic E-state index is 0.211. The number of aliphatic hydroxyl groups is 1. The normalized spacial score (nSPS) is 16.3. The zero-order valence-electron chi connectivity index (χ0n) is 6.27. The van der Waals surface area contributed by atoms with Gasteiger partial charge in [0.25, 0.3) is 0 Å². The average molecular weight is 173 g/mol. The number of rotatable bonds is 3. The molecule has 0 bridgehead atoms. The molecule has 0 amide bonds. The molecule has 2 unspecified atom stereocenters. The smallest absolute Gasteiger partial charge is 0.0781 e. The molecule has 1 rings (SSSR count). The summed E-state index contributed by atoms with van der Waals surface area (Å²) in [5.41, 5.74) is 6.26. The van der Waals surface area contributed by atoms with E-state index in [0.29, 0.717) is 6.42 Å². The summed E-state index contributed by atoms with van der Waals surface area (Å²) in [7, 11) is 0. The van der Waals surface area contributed by atoms with Crippen LogP contribution in [0.25, 0.3) is 0 Å². The summed E-state index contributed by atoms with van der Waals surface area (Å²) in [5, 5.41) is 14.9. The van der Waals surface area contributed by atoms with Gasteiger partial charge in [0.05, 0.1) is 11.8 Å². The van der Waals surface area contributed by atoms with Crippen LogP contribution in [0.1, 0.15) is 12.6 Å². The van der Waals surface area contributed by atoms with Crippen molar-refractivity contribution in [2.24, 2.45) is 5.73 Å². The van der Waals surface area contributed by atoms with Gasteiger partial charge in [-0.1, -0.05) is 4.49 Å². The van der Waals surface area contributed by atoms with Crippen molar-refractivity contribution in [1.29, 1.82) is 0 Å². The zero-order valence-corrected chi connectivity index (χ0v) is 7.08. The molecule has 1 aromatic heterocycles. The van der Waals surface area contributed by atoms with E-state index in [2.05, 4.69) is 9.59 Å². The van der Waals surface area contributed by atoms with Crippen LogP contribution in [-0.4, -0.2) is 26.8 Å². The molecule has 1 aromatic rings. The number of nitrogens with zero attached hydrogens (tertiary/aromatic N) is 2. The van der Waals surface area contributed by atoms with E-state index in [1.165, 1.54) is 11.5 Å². The average Bonchev–Trinajstić information content (AvgIpc) is 2.39. The Morgan fingerprint density at radius 2 is 2.55 bits per heavy atom. The van der Waals surface area contributed by atoms with Crippen LogP contribution in [0.2, 0.25) is 0 Å². The SMILES string of the molecule is CC(N)C(O)Cc1csnn1. The highest BCUT2D eigenvalue weighted by Gasteiger charge is 2.11. The van der Waals surface area contributed by atoms with E-state index in [-0.39, 0.29) is 6.04 Å². The molecule has 0 fully saturated rings. The maximum absolute atomic E-state index is 9.31. The highest BCUT2D eigenvalue weighted by atomic mass is 32.1. The van der Waals surface area contributed by atoms with Crippen LogP contribution in [0.4, 0.5) is 0 Å². The lowest BCUT2D eigenvalue weighted by Crippen LogP contribution is -2.33. The van der Waals surface area contributed by atoms with Crippen molar-refractivity contribution in [3.05, 3.63) is 11.1 Å². The molecule has 4 nitrogen and oxygen atoms in total. The molecule has 0 radical (unpaired) electrons. The molecule has 0 saturated carbocycles. The maximum Gasteiger partial charge on any atom is 0.0781 e. The summed E-state index contributed by atoms with van der Waals surface area (Å²) in [5.74, 6) is 0. The van der Waals surface area contributed by atoms with Gasteiger partial charge >= 0.3 is 0 Å². The quantitative estimate of drug-likeness (QED) is 0.663. The van der Waals surface area contributed by atoms with Crippen molar-refractivity contribution >= 4 is 11.5 Å². The van der Waals surface area contributed by atoms with Crippen molar-refractivity contribution in [3.8, 4) is 0 Å². The fourth-order valence-electron chi connectivity index (χ4n) is 0.673. The van der Waals surface area contributed by atoms with E-state index in [1.807, 2.05) is 5.38 Å². The first-order chi connectivity index (χ1) is 5.20. The van der Waals surface area contributed by atoms with Crippen LogP contribution < -0.4 is 5.73 Å². The summed E-state index contributed by atoms with van der Waals surface area (Å²) in [6.07, 6.45) is -0.0207. The Bertz CT molecular complexity index is 200. The van der Waals surface area contributed by atoms with Crippen LogP contribution in [0.5, 0.6) is 0 Å². The molecule has 0 aromatic carbocycles. The minimum atomic E-state index is -0.515. The van der Waals surface area contributed by atoms with Gasteiger partial charge in [0, 0.05) is 17.8 Å². The minimum Gasteiger partial charge on any atom is -0.391 e. The van der Waals surface area contributed by atoms with Gasteiger partial charge in [0.15, 0.2) is 0 Å². The van der Waals surface area contributed by atoms with Crippen molar-refractivity contribution in [2.45, 2.75) is 25.5 Å². The molecule has 5 heteroatoms. The van der Waals surface area contributed by atoms with Gasteiger partial charge in [-0.25, -0.2) is 0 Å².